The van der Waals surface area contributed by atoms with Gasteiger partial charge in [0.05, 0.1) is 38.3 Å². The molecule has 6 heteroatoms. The summed E-state index contributed by atoms with van der Waals surface area (Å²) in [6.45, 7) is 0. The Morgan fingerprint density at radius 2 is 1.68 bits per heavy atom. The molecule has 0 radical (unpaired) electrons. The molecule has 2 aromatic rings. The van der Waals surface area contributed by atoms with Crippen LogP contribution < -0.4 is 19.6 Å². The van der Waals surface area contributed by atoms with Gasteiger partial charge in [0, 0.05) is 5.56 Å². The Bertz CT molecular complexity index is 674. The fraction of sp³-hybridized carbons (Fsp3) is 0.188. The predicted molar refractivity (Wildman–Crippen MR) is 88.8 cm³/mol. The van der Waals surface area contributed by atoms with E-state index in [1.165, 1.54) is 0 Å². The maximum atomic E-state index is 6.05. The zero-order chi connectivity index (χ0) is 15.9. The Morgan fingerprint density at radius 3 is 2.32 bits per heavy atom. The lowest BCUT2D eigenvalue weighted by atomic mass is 10.2. The molecule has 22 heavy (non-hydrogen) atoms. The van der Waals surface area contributed by atoms with Gasteiger partial charge in [-0.1, -0.05) is 23.7 Å². The van der Waals surface area contributed by atoms with Crippen molar-refractivity contribution in [3.05, 3.63) is 47.0 Å². The number of rotatable bonds is 6. The zero-order valence-electron chi connectivity index (χ0n) is 12.6. The second-order valence-corrected chi connectivity index (χ2v) is 4.68. The number of hydrogen-bond acceptors (Lipinski definition) is 5. The molecule has 0 atom stereocenters. The summed E-state index contributed by atoms with van der Waals surface area (Å²) < 4.78 is 16.0. The summed E-state index contributed by atoms with van der Waals surface area (Å²) in [6.07, 6.45) is 1.63. The van der Waals surface area contributed by atoms with E-state index in [1.807, 2.05) is 24.3 Å². The van der Waals surface area contributed by atoms with Crippen LogP contribution in [0.5, 0.6) is 17.2 Å². The number of halogens is 1. The highest BCUT2D eigenvalue weighted by molar-refractivity contribution is 6.33. The second kappa shape index (κ2) is 7.56. The molecule has 0 aliphatic heterocycles. The first-order chi connectivity index (χ1) is 10.7. The highest BCUT2D eigenvalue weighted by atomic mass is 35.5. The number of nitrogens with one attached hydrogen (secondary N) is 1. The van der Waals surface area contributed by atoms with E-state index < -0.39 is 0 Å². The number of benzene rings is 2. The summed E-state index contributed by atoms with van der Waals surface area (Å²) in [4.78, 5) is 0. The van der Waals surface area contributed by atoms with Gasteiger partial charge in [0.15, 0.2) is 11.5 Å². The minimum absolute atomic E-state index is 0.520. The van der Waals surface area contributed by atoms with E-state index in [0.717, 1.165) is 11.3 Å². The summed E-state index contributed by atoms with van der Waals surface area (Å²) in [6, 6.07) is 11.0. The van der Waals surface area contributed by atoms with Gasteiger partial charge in [-0.05, 0) is 24.3 Å². The molecular weight excluding hydrogens is 304 g/mol. The van der Waals surface area contributed by atoms with Gasteiger partial charge in [-0.2, -0.15) is 5.10 Å². The number of nitrogens with zero attached hydrogens (tertiary/aromatic N) is 1. The molecule has 0 unspecified atom stereocenters. The van der Waals surface area contributed by atoms with Crippen LogP contribution in [0, 0.1) is 0 Å². The molecule has 116 valence electrons. The van der Waals surface area contributed by atoms with Crippen molar-refractivity contribution in [1.29, 1.82) is 0 Å². The van der Waals surface area contributed by atoms with Crippen molar-refractivity contribution >= 4 is 23.5 Å². The number of hydrogen-bond donors (Lipinski definition) is 1. The van der Waals surface area contributed by atoms with Gasteiger partial charge in [0.1, 0.15) is 0 Å². The van der Waals surface area contributed by atoms with Crippen molar-refractivity contribution in [3.8, 4) is 17.2 Å². The summed E-state index contributed by atoms with van der Waals surface area (Å²) in [5, 5.41) is 4.77. The predicted octanol–water partition coefficient (Wildman–Crippen LogP) is 3.81. The van der Waals surface area contributed by atoms with Crippen LogP contribution in [0.4, 0.5) is 5.69 Å². The third kappa shape index (κ3) is 3.43. The Hall–Kier alpha value is -2.40. The van der Waals surface area contributed by atoms with E-state index in [2.05, 4.69) is 10.5 Å². The van der Waals surface area contributed by atoms with Crippen LogP contribution in [0.1, 0.15) is 5.56 Å². The topological polar surface area (TPSA) is 52.1 Å². The summed E-state index contributed by atoms with van der Waals surface area (Å²) in [5.41, 5.74) is 4.36. The van der Waals surface area contributed by atoms with E-state index in [-0.39, 0.29) is 0 Å². The minimum Gasteiger partial charge on any atom is -0.493 e. The van der Waals surface area contributed by atoms with Crippen molar-refractivity contribution < 1.29 is 14.2 Å². The molecule has 0 heterocycles. The Morgan fingerprint density at radius 1 is 0.955 bits per heavy atom. The summed E-state index contributed by atoms with van der Waals surface area (Å²) >= 11 is 6.05. The molecule has 0 bridgehead atoms. The lowest BCUT2D eigenvalue weighted by Gasteiger charge is -2.13. The smallest absolute Gasteiger partial charge is 0.203 e. The molecule has 0 aromatic heterocycles. The van der Waals surface area contributed by atoms with Crippen LogP contribution in [-0.4, -0.2) is 27.5 Å². The Kier molecular flexibility index (Phi) is 5.49. The molecule has 0 aliphatic carbocycles. The molecule has 2 rings (SSSR count). The lowest BCUT2D eigenvalue weighted by Crippen LogP contribution is -1.99. The van der Waals surface area contributed by atoms with Gasteiger partial charge < -0.3 is 14.2 Å². The number of hydrazone groups is 1. The molecule has 0 saturated heterocycles. The Labute approximate surface area is 134 Å². The van der Waals surface area contributed by atoms with Crippen LogP contribution in [-0.2, 0) is 0 Å². The van der Waals surface area contributed by atoms with Gasteiger partial charge in [-0.15, -0.1) is 0 Å². The molecule has 0 saturated carbocycles. The molecular formula is C16H17ClN2O3. The number of ether oxygens (including phenoxy) is 3. The number of para-hydroxylation sites is 1. The first kappa shape index (κ1) is 16.0. The summed E-state index contributed by atoms with van der Waals surface area (Å²) in [7, 11) is 4.70. The normalized spacial score (nSPS) is 10.5. The number of anilines is 1. The lowest BCUT2D eigenvalue weighted by molar-refractivity contribution is 0.324. The average Bonchev–Trinajstić information content (AvgIpc) is 2.55. The highest BCUT2D eigenvalue weighted by Gasteiger charge is 2.14. The molecule has 2 aromatic carbocycles. The van der Waals surface area contributed by atoms with Crippen LogP contribution in [0.25, 0.3) is 0 Å². The first-order valence-corrected chi connectivity index (χ1v) is 6.91. The van der Waals surface area contributed by atoms with E-state index in [1.54, 1.807) is 39.7 Å². The van der Waals surface area contributed by atoms with E-state index in [9.17, 15) is 0 Å². The average molecular weight is 321 g/mol. The van der Waals surface area contributed by atoms with Gasteiger partial charge >= 0.3 is 0 Å². The monoisotopic (exact) mass is 320 g/mol. The maximum Gasteiger partial charge on any atom is 0.203 e. The quantitative estimate of drug-likeness (QED) is 0.649. The van der Waals surface area contributed by atoms with Gasteiger partial charge in [-0.25, -0.2) is 0 Å². The molecule has 0 aliphatic rings. The van der Waals surface area contributed by atoms with Crippen LogP contribution >= 0.6 is 11.6 Å². The van der Waals surface area contributed by atoms with E-state index in [0.29, 0.717) is 22.3 Å². The molecule has 5 nitrogen and oxygen atoms in total. The molecule has 0 amide bonds. The van der Waals surface area contributed by atoms with E-state index in [4.69, 9.17) is 25.8 Å². The maximum absolute atomic E-state index is 6.05. The zero-order valence-corrected chi connectivity index (χ0v) is 13.3. The summed E-state index contributed by atoms with van der Waals surface area (Å²) in [5.74, 6) is 1.66. The van der Waals surface area contributed by atoms with Crippen molar-refractivity contribution in [2.75, 3.05) is 26.8 Å². The first-order valence-electron chi connectivity index (χ1n) is 6.53. The van der Waals surface area contributed by atoms with Crippen LogP contribution in [0.15, 0.2) is 41.5 Å². The minimum atomic E-state index is 0.520. The molecule has 0 fully saturated rings. The largest absolute Gasteiger partial charge is 0.493 e. The number of methoxy groups -OCH3 is 3. The SMILES string of the molecule is COc1ccc(C=NNc2ccccc2Cl)c(OC)c1OC. The van der Waals surface area contributed by atoms with Gasteiger partial charge in [-0.3, -0.25) is 5.43 Å². The van der Waals surface area contributed by atoms with Crippen LogP contribution in [0.3, 0.4) is 0 Å². The highest BCUT2D eigenvalue weighted by Crippen LogP contribution is 2.39. The third-order valence-corrected chi connectivity index (χ3v) is 3.33. The third-order valence-electron chi connectivity index (χ3n) is 3.00. The fourth-order valence-corrected chi connectivity index (χ4v) is 2.13. The van der Waals surface area contributed by atoms with E-state index >= 15 is 0 Å². The van der Waals surface area contributed by atoms with Crippen molar-refractivity contribution in [2.45, 2.75) is 0 Å². The van der Waals surface area contributed by atoms with Gasteiger partial charge in [0.2, 0.25) is 5.75 Å². The van der Waals surface area contributed by atoms with Gasteiger partial charge in [0.25, 0.3) is 0 Å². The molecule has 0 spiro atoms. The fourth-order valence-electron chi connectivity index (χ4n) is 1.95. The van der Waals surface area contributed by atoms with Crippen molar-refractivity contribution in [2.24, 2.45) is 5.10 Å². The Balaban J connectivity index is 2.26. The standard InChI is InChI=1S/C16H17ClN2O3/c1-20-14-9-8-11(15(21-2)16(14)22-3)10-18-19-13-7-5-4-6-12(13)17/h4-10,19H,1-3H3. The van der Waals surface area contributed by atoms with Crippen LogP contribution in [0.2, 0.25) is 5.02 Å². The second-order valence-electron chi connectivity index (χ2n) is 4.27. The van der Waals surface area contributed by atoms with Crippen molar-refractivity contribution in [1.82, 2.24) is 0 Å². The van der Waals surface area contributed by atoms with Crippen molar-refractivity contribution in [3.63, 3.8) is 0 Å². The molecule has 1 N–H and O–H groups in total.